The normalized spacial score (nSPS) is 26.3. The van der Waals surface area contributed by atoms with Crippen LogP contribution in [0.25, 0.3) is 0 Å². The van der Waals surface area contributed by atoms with Crippen molar-refractivity contribution in [1.29, 1.82) is 0 Å². The van der Waals surface area contributed by atoms with Crippen LogP contribution in [0.2, 0.25) is 0 Å². The van der Waals surface area contributed by atoms with E-state index in [-0.39, 0.29) is 23.0 Å². The number of phenolic OH excluding ortho intramolecular Hbond substituents is 1. The van der Waals surface area contributed by atoms with Crippen LogP contribution in [0, 0.1) is 5.41 Å². The molecule has 4 rings (SSSR count). The minimum Gasteiger partial charge on any atom is -0.508 e. The summed E-state index contributed by atoms with van der Waals surface area (Å²) >= 11 is 0. The molecule has 2 aliphatic heterocycles. The van der Waals surface area contributed by atoms with Gasteiger partial charge in [0.05, 0.1) is 6.10 Å². The smallest absolute Gasteiger partial charge is 0.255 e. The highest BCUT2D eigenvalue weighted by atomic mass is 16.3. The van der Waals surface area contributed by atoms with Crippen molar-refractivity contribution in [2.75, 3.05) is 6.54 Å². The van der Waals surface area contributed by atoms with E-state index < -0.39 is 12.1 Å². The third kappa shape index (κ3) is 5.18. The van der Waals surface area contributed by atoms with Gasteiger partial charge in [0.1, 0.15) is 11.8 Å². The summed E-state index contributed by atoms with van der Waals surface area (Å²) in [5.41, 5.74) is 5.54. The Labute approximate surface area is 209 Å². The quantitative estimate of drug-likeness (QED) is 0.499. The van der Waals surface area contributed by atoms with Crippen molar-refractivity contribution in [3.8, 4) is 5.75 Å². The number of amides is 2. The Morgan fingerprint density at radius 1 is 1.17 bits per heavy atom. The van der Waals surface area contributed by atoms with Crippen LogP contribution in [-0.2, 0) is 24.2 Å². The van der Waals surface area contributed by atoms with Crippen molar-refractivity contribution in [1.82, 2.24) is 10.2 Å². The molecular weight excluding hydrogens is 440 g/mol. The molecule has 6 nitrogen and oxygen atoms in total. The summed E-state index contributed by atoms with van der Waals surface area (Å²) in [7, 11) is 0. The van der Waals surface area contributed by atoms with Gasteiger partial charge in [0.15, 0.2) is 0 Å². The summed E-state index contributed by atoms with van der Waals surface area (Å²) in [5.74, 6) is -0.191. The fourth-order valence-corrected chi connectivity index (χ4v) is 5.88. The van der Waals surface area contributed by atoms with Gasteiger partial charge in [-0.1, -0.05) is 30.2 Å². The Balaban J connectivity index is 1.53. The number of aliphatic hydroxyl groups excluding tert-OH is 1. The number of fused-ring (bicyclic) bond motifs is 3. The Morgan fingerprint density at radius 3 is 2.66 bits per heavy atom. The lowest BCUT2D eigenvalue weighted by Gasteiger charge is -2.40. The molecule has 35 heavy (non-hydrogen) atoms. The molecule has 3 N–H and O–H groups in total. The first-order valence-corrected chi connectivity index (χ1v) is 13.0. The number of allylic oxidation sites excluding steroid dienone is 4. The molecule has 190 valence electrons. The average Bonchev–Trinajstić information content (AvgIpc) is 3.11. The molecule has 1 aliphatic carbocycles. The van der Waals surface area contributed by atoms with Crippen LogP contribution in [0.15, 0.2) is 29.4 Å². The zero-order chi connectivity index (χ0) is 25.3. The number of phenols is 1. The second kappa shape index (κ2) is 10.2. The second-order valence-corrected chi connectivity index (χ2v) is 11.2. The van der Waals surface area contributed by atoms with Crippen LogP contribution in [-0.4, -0.2) is 45.6 Å². The maximum atomic E-state index is 13.3. The molecule has 0 saturated carbocycles. The van der Waals surface area contributed by atoms with Crippen molar-refractivity contribution in [2.24, 2.45) is 5.41 Å². The van der Waals surface area contributed by atoms with Gasteiger partial charge in [-0.2, -0.15) is 0 Å². The number of aliphatic hydroxyl groups is 1. The predicted octanol–water partition coefficient (Wildman–Crippen LogP) is 4.57. The second-order valence-electron chi connectivity index (χ2n) is 11.2. The van der Waals surface area contributed by atoms with Crippen molar-refractivity contribution in [3.05, 3.63) is 51.6 Å². The minimum absolute atomic E-state index is 0.0816. The molecule has 1 fully saturated rings. The van der Waals surface area contributed by atoms with Crippen LogP contribution in [0.4, 0.5) is 0 Å². The average molecular weight is 481 g/mol. The zero-order valence-electron chi connectivity index (χ0n) is 21.6. The van der Waals surface area contributed by atoms with Gasteiger partial charge >= 0.3 is 0 Å². The number of benzene rings is 1. The zero-order valence-corrected chi connectivity index (χ0v) is 21.6. The standard InChI is InChI=1S/C29H40N2O4/c1-18(2)8-5-9-19(3)10-6-12-29(4)16-22-20(15-26(29)33)25(32)14-21-23(22)17-31(28(21)35)24-11-7-13-30-27(24)34/h8,10,14,24,26,32-33H,5-7,9,11-13,15-17H2,1-4H3,(H,30,34). The van der Waals surface area contributed by atoms with E-state index in [1.807, 2.05) is 0 Å². The number of rotatable bonds is 7. The van der Waals surface area contributed by atoms with E-state index in [2.05, 4.69) is 45.2 Å². The fraction of sp³-hybridized carbons (Fsp3) is 0.586. The van der Waals surface area contributed by atoms with Crippen LogP contribution in [0.5, 0.6) is 5.75 Å². The first kappa shape index (κ1) is 25.5. The van der Waals surface area contributed by atoms with Crippen molar-refractivity contribution < 1.29 is 19.8 Å². The van der Waals surface area contributed by atoms with Gasteiger partial charge < -0.3 is 20.4 Å². The molecule has 0 bridgehead atoms. The summed E-state index contributed by atoms with van der Waals surface area (Å²) in [6.45, 7) is 9.57. The van der Waals surface area contributed by atoms with E-state index in [1.54, 1.807) is 11.0 Å². The van der Waals surface area contributed by atoms with E-state index in [0.717, 1.165) is 48.8 Å². The summed E-state index contributed by atoms with van der Waals surface area (Å²) in [4.78, 5) is 27.4. The highest BCUT2D eigenvalue weighted by molar-refractivity contribution is 6.02. The van der Waals surface area contributed by atoms with Crippen molar-refractivity contribution >= 4 is 11.8 Å². The van der Waals surface area contributed by atoms with E-state index in [0.29, 0.717) is 37.9 Å². The Morgan fingerprint density at radius 2 is 1.94 bits per heavy atom. The van der Waals surface area contributed by atoms with Gasteiger partial charge in [0, 0.05) is 30.6 Å². The number of carbonyl (C=O) groups excluding carboxylic acids is 2. The molecular formula is C29H40N2O4. The Kier molecular flexibility index (Phi) is 7.41. The summed E-state index contributed by atoms with van der Waals surface area (Å²) < 4.78 is 0. The summed E-state index contributed by atoms with van der Waals surface area (Å²) in [6.07, 6.45) is 10.3. The van der Waals surface area contributed by atoms with Crippen LogP contribution in [0.3, 0.4) is 0 Å². The number of carbonyl (C=O) groups is 2. The number of hydrogen-bond donors (Lipinski definition) is 3. The van der Waals surface area contributed by atoms with E-state index in [1.165, 1.54) is 11.1 Å². The van der Waals surface area contributed by atoms with Crippen molar-refractivity contribution in [2.45, 2.75) is 97.8 Å². The lowest BCUT2D eigenvalue weighted by molar-refractivity contribution is -0.127. The predicted molar refractivity (Wildman–Crippen MR) is 137 cm³/mol. The van der Waals surface area contributed by atoms with Gasteiger partial charge in [-0.3, -0.25) is 9.59 Å². The molecule has 1 saturated heterocycles. The lowest BCUT2D eigenvalue weighted by Crippen LogP contribution is -2.50. The molecule has 0 aromatic heterocycles. The fourth-order valence-electron chi connectivity index (χ4n) is 5.88. The number of hydrogen-bond acceptors (Lipinski definition) is 4. The highest BCUT2D eigenvalue weighted by Gasteiger charge is 2.44. The topological polar surface area (TPSA) is 89.9 Å². The van der Waals surface area contributed by atoms with E-state index in [4.69, 9.17) is 0 Å². The molecule has 3 aliphatic rings. The number of nitrogens with zero attached hydrogens (tertiary/aromatic N) is 1. The van der Waals surface area contributed by atoms with Gasteiger partial charge in [-0.15, -0.1) is 0 Å². The minimum atomic E-state index is -0.560. The number of nitrogens with one attached hydrogen (secondary N) is 1. The Bertz CT molecular complexity index is 1070. The first-order valence-electron chi connectivity index (χ1n) is 13.0. The van der Waals surface area contributed by atoms with Gasteiger partial charge in [-0.05, 0) is 88.3 Å². The molecule has 2 amide bonds. The summed E-state index contributed by atoms with van der Waals surface area (Å²) in [5, 5.41) is 24.7. The van der Waals surface area contributed by atoms with E-state index >= 15 is 0 Å². The molecule has 0 spiro atoms. The highest BCUT2D eigenvalue weighted by Crippen LogP contribution is 2.46. The SMILES string of the molecule is CC(C)=CCCC(C)=CCCC1(C)Cc2c(c(O)cc3c2CN(C2CCCNC2=O)C3=O)CC1O. The molecule has 1 aromatic carbocycles. The van der Waals surface area contributed by atoms with Crippen LogP contribution >= 0.6 is 0 Å². The lowest BCUT2D eigenvalue weighted by atomic mass is 9.67. The molecule has 2 heterocycles. The molecule has 0 radical (unpaired) electrons. The molecule has 1 aromatic rings. The molecule has 3 unspecified atom stereocenters. The van der Waals surface area contributed by atoms with Crippen molar-refractivity contribution in [3.63, 3.8) is 0 Å². The van der Waals surface area contributed by atoms with Gasteiger partial charge in [-0.25, -0.2) is 0 Å². The number of piperidine rings is 1. The largest absolute Gasteiger partial charge is 0.508 e. The van der Waals surface area contributed by atoms with Crippen LogP contribution in [0.1, 0.15) is 93.3 Å². The van der Waals surface area contributed by atoms with Crippen LogP contribution < -0.4 is 5.32 Å². The molecule has 3 atom stereocenters. The number of aromatic hydroxyl groups is 1. The first-order chi connectivity index (χ1) is 16.6. The third-order valence-corrected chi connectivity index (χ3v) is 8.18. The third-order valence-electron chi connectivity index (χ3n) is 8.18. The van der Waals surface area contributed by atoms with E-state index in [9.17, 15) is 19.8 Å². The van der Waals surface area contributed by atoms with Gasteiger partial charge in [0.2, 0.25) is 5.91 Å². The maximum absolute atomic E-state index is 13.3. The monoisotopic (exact) mass is 480 g/mol. The summed E-state index contributed by atoms with van der Waals surface area (Å²) in [6, 6.07) is 1.09. The molecule has 6 heteroatoms. The van der Waals surface area contributed by atoms with Gasteiger partial charge in [0.25, 0.3) is 5.91 Å². The maximum Gasteiger partial charge on any atom is 0.255 e. The Hall–Kier alpha value is -2.60.